The van der Waals surface area contributed by atoms with E-state index in [0.717, 1.165) is 11.6 Å². The second-order valence-electron chi connectivity index (χ2n) is 5.95. The topological polar surface area (TPSA) is 65.1 Å². The zero-order chi connectivity index (χ0) is 21.2. The van der Waals surface area contributed by atoms with Gasteiger partial charge in [0.25, 0.3) is 5.91 Å². The largest absolute Gasteiger partial charge is 0.496 e. The third kappa shape index (κ3) is 7.25. The fourth-order valence-electron chi connectivity index (χ4n) is 2.39. The lowest BCUT2D eigenvalue weighted by molar-refractivity contribution is -0.147. The zero-order valence-electron chi connectivity index (χ0n) is 16.0. The number of halogens is 2. The number of methoxy groups -OCH3 is 1. The molecule has 0 spiro atoms. The summed E-state index contributed by atoms with van der Waals surface area (Å²) in [7, 11) is 3.15. The number of amides is 1. The molecular weight excluding hydrogens is 384 g/mol. The van der Waals surface area contributed by atoms with Crippen molar-refractivity contribution in [3.63, 3.8) is 0 Å². The first kappa shape index (κ1) is 21.9. The number of para-hydroxylation sites is 1. The van der Waals surface area contributed by atoms with Crippen LogP contribution < -0.4 is 9.47 Å². The highest BCUT2D eigenvalue weighted by molar-refractivity contribution is 5.89. The maximum atomic E-state index is 12.2. The summed E-state index contributed by atoms with van der Waals surface area (Å²) in [5, 5.41) is 0. The third-order valence-corrected chi connectivity index (χ3v) is 3.88. The van der Waals surface area contributed by atoms with Crippen LogP contribution in [0.15, 0.2) is 54.6 Å². The molecule has 2 aromatic carbocycles. The predicted octanol–water partition coefficient (Wildman–Crippen LogP) is 3.51. The second kappa shape index (κ2) is 10.8. The Hall–Kier alpha value is -3.42. The molecule has 0 atom stereocenters. The average Bonchev–Trinajstić information content (AvgIpc) is 2.71. The summed E-state index contributed by atoms with van der Waals surface area (Å²) in [6, 6.07) is 13.0. The van der Waals surface area contributed by atoms with Crippen molar-refractivity contribution >= 4 is 18.0 Å². The van der Waals surface area contributed by atoms with Crippen LogP contribution in [0.25, 0.3) is 6.08 Å². The van der Waals surface area contributed by atoms with Gasteiger partial charge < -0.3 is 19.1 Å². The van der Waals surface area contributed by atoms with E-state index in [-0.39, 0.29) is 11.7 Å². The van der Waals surface area contributed by atoms with Gasteiger partial charge in [0.1, 0.15) is 11.5 Å². The Labute approximate surface area is 167 Å². The summed E-state index contributed by atoms with van der Waals surface area (Å²) >= 11 is 0. The fourth-order valence-corrected chi connectivity index (χ4v) is 2.39. The molecule has 0 saturated carbocycles. The lowest BCUT2D eigenvalue weighted by Crippen LogP contribution is -2.30. The lowest BCUT2D eigenvalue weighted by atomic mass is 10.2. The number of hydrogen-bond donors (Lipinski definition) is 0. The van der Waals surface area contributed by atoms with Crippen LogP contribution in [0.1, 0.15) is 11.1 Å². The van der Waals surface area contributed by atoms with Gasteiger partial charge in [0.15, 0.2) is 6.61 Å². The number of ether oxygens (including phenoxy) is 3. The monoisotopic (exact) mass is 405 g/mol. The number of alkyl halides is 2. The Kier molecular flexibility index (Phi) is 8.14. The van der Waals surface area contributed by atoms with Gasteiger partial charge in [-0.05, 0) is 29.8 Å². The summed E-state index contributed by atoms with van der Waals surface area (Å²) in [5.41, 5.74) is 1.42. The van der Waals surface area contributed by atoms with Crippen LogP contribution in [0.3, 0.4) is 0 Å². The zero-order valence-corrected chi connectivity index (χ0v) is 16.0. The van der Waals surface area contributed by atoms with Gasteiger partial charge in [-0.15, -0.1) is 0 Å². The van der Waals surface area contributed by atoms with Crippen molar-refractivity contribution in [2.45, 2.75) is 13.2 Å². The first-order valence-corrected chi connectivity index (χ1v) is 8.64. The van der Waals surface area contributed by atoms with Gasteiger partial charge in [0, 0.05) is 25.2 Å². The van der Waals surface area contributed by atoms with Gasteiger partial charge >= 0.3 is 12.6 Å². The second-order valence-corrected chi connectivity index (χ2v) is 5.95. The number of carbonyl (C=O) groups is 2. The fraction of sp³-hybridized carbons (Fsp3) is 0.238. The van der Waals surface area contributed by atoms with Gasteiger partial charge in [-0.2, -0.15) is 8.78 Å². The van der Waals surface area contributed by atoms with Crippen molar-refractivity contribution in [1.29, 1.82) is 0 Å². The molecule has 0 unspecified atom stereocenters. The molecule has 0 saturated heterocycles. The van der Waals surface area contributed by atoms with Crippen molar-refractivity contribution in [1.82, 2.24) is 4.90 Å². The minimum atomic E-state index is -2.90. The third-order valence-electron chi connectivity index (χ3n) is 3.88. The van der Waals surface area contributed by atoms with Gasteiger partial charge in [-0.25, -0.2) is 4.79 Å². The SMILES string of the molecule is COc1ccccc1CN(C)C(=O)COC(=O)/C=C/c1ccc(OC(F)F)cc1. The van der Waals surface area contributed by atoms with Crippen LogP contribution in [0, 0.1) is 0 Å². The summed E-state index contributed by atoms with van der Waals surface area (Å²) in [5.74, 6) is -0.386. The Morgan fingerprint density at radius 3 is 2.45 bits per heavy atom. The van der Waals surface area contributed by atoms with Crippen molar-refractivity contribution in [2.75, 3.05) is 20.8 Å². The molecule has 0 bridgehead atoms. The maximum Gasteiger partial charge on any atom is 0.387 e. The molecular formula is C21H21F2NO5. The standard InChI is InChI=1S/C21H21F2NO5/c1-24(13-16-5-3-4-6-18(16)27-2)19(25)14-28-20(26)12-9-15-7-10-17(11-8-15)29-21(22)23/h3-12,21H,13-14H2,1-2H3/b12-9+. The molecule has 0 aliphatic carbocycles. The van der Waals surface area contributed by atoms with Crippen molar-refractivity contribution < 1.29 is 32.6 Å². The van der Waals surface area contributed by atoms with E-state index >= 15 is 0 Å². The van der Waals surface area contributed by atoms with E-state index in [1.807, 2.05) is 18.2 Å². The van der Waals surface area contributed by atoms with Crippen LogP contribution in [0.4, 0.5) is 8.78 Å². The number of carbonyl (C=O) groups excluding carboxylic acids is 2. The average molecular weight is 405 g/mol. The molecule has 6 nitrogen and oxygen atoms in total. The molecule has 0 fully saturated rings. The molecule has 0 aromatic heterocycles. The minimum absolute atomic E-state index is 0.0170. The summed E-state index contributed by atoms with van der Waals surface area (Å²) in [6.07, 6.45) is 2.59. The number of hydrogen-bond acceptors (Lipinski definition) is 5. The van der Waals surface area contributed by atoms with Gasteiger partial charge in [0.05, 0.1) is 7.11 Å². The molecule has 0 N–H and O–H groups in total. The number of esters is 1. The first-order chi connectivity index (χ1) is 13.9. The molecule has 0 aliphatic rings. The quantitative estimate of drug-likeness (QED) is 0.472. The van der Waals surface area contributed by atoms with Crippen LogP contribution in [0.5, 0.6) is 11.5 Å². The molecule has 29 heavy (non-hydrogen) atoms. The van der Waals surface area contributed by atoms with E-state index in [0.29, 0.717) is 17.9 Å². The number of likely N-dealkylation sites (N-methyl/N-ethyl adjacent to an activating group) is 1. The van der Waals surface area contributed by atoms with Gasteiger partial charge in [0.2, 0.25) is 0 Å². The van der Waals surface area contributed by atoms with E-state index in [2.05, 4.69) is 4.74 Å². The molecule has 1 amide bonds. The van der Waals surface area contributed by atoms with Crippen molar-refractivity contribution in [3.8, 4) is 11.5 Å². The van der Waals surface area contributed by atoms with Gasteiger partial charge in [-0.1, -0.05) is 30.3 Å². The highest BCUT2D eigenvalue weighted by Gasteiger charge is 2.13. The Balaban J connectivity index is 1.81. The summed E-state index contributed by atoms with van der Waals surface area (Å²) in [6.45, 7) is -3.00. The van der Waals surface area contributed by atoms with Crippen LogP contribution in [-0.4, -0.2) is 44.2 Å². The lowest BCUT2D eigenvalue weighted by Gasteiger charge is -2.18. The first-order valence-electron chi connectivity index (χ1n) is 8.64. The molecule has 0 heterocycles. The summed E-state index contributed by atoms with van der Waals surface area (Å²) < 4.78 is 38.6. The van der Waals surface area contributed by atoms with E-state index in [1.165, 1.54) is 35.2 Å². The minimum Gasteiger partial charge on any atom is -0.496 e. The molecule has 0 radical (unpaired) electrons. The van der Waals surface area contributed by atoms with Crippen LogP contribution in [-0.2, 0) is 20.9 Å². The number of benzene rings is 2. The van der Waals surface area contributed by atoms with Gasteiger partial charge in [-0.3, -0.25) is 4.79 Å². The maximum absolute atomic E-state index is 12.2. The van der Waals surface area contributed by atoms with E-state index in [9.17, 15) is 18.4 Å². The molecule has 2 rings (SSSR count). The molecule has 154 valence electrons. The van der Waals surface area contributed by atoms with Crippen molar-refractivity contribution in [3.05, 3.63) is 65.7 Å². The van der Waals surface area contributed by atoms with E-state index in [1.54, 1.807) is 20.2 Å². The molecule has 8 heteroatoms. The van der Waals surface area contributed by atoms with Crippen molar-refractivity contribution in [2.24, 2.45) is 0 Å². The van der Waals surface area contributed by atoms with E-state index < -0.39 is 19.2 Å². The normalized spacial score (nSPS) is 10.8. The van der Waals surface area contributed by atoms with Crippen LogP contribution >= 0.6 is 0 Å². The van der Waals surface area contributed by atoms with E-state index in [4.69, 9.17) is 9.47 Å². The predicted molar refractivity (Wildman–Crippen MR) is 103 cm³/mol. The number of rotatable bonds is 9. The highest BCUT2D eigenvalue weighted by Crippen LogP contribution is 2.19. The Morgan fingerprint density at radius 1 is 1.10 bits per heavy atom. The van der Waals surface area contributed by atoms with Crippen LogP contribution in [0.2, 0.25) is 0 Å². The Bertz CT molecular complexity index is 852. The number of nitrogens with zero attached hydrogens (tertiary/aromatic N) is 1. The Morgan fingerprint density at radius 2 is 1.79 bits per heavy atom. The molecule has 2 aromatic rings. The smallest absolute Gasteiger partial charge is 0.387 e. The molecule has 0 aliphatic heterocycles. The highest BCUT2D eigenvalue weighted by atomic mass is 19.3. The summed E-state index contributed by atoms with van der Waals surface area (Å²) in [4.78, 5) is 25.4.